The van der Waals surface area contributed by atoms with Crippen LogP contribution in [-0.4, -0.2) is 22.5 Å². The van der Waals surface area contributed by atoms with Gasteiger partial charge in [-0.25, -0.2) is 0 Å². The summed E-state index contributed by atoms with van der Waals surface area (Å²) >= 11 is 12.3. The lowest BCUT2D eigenvalue weighted by Crippen LogP contribution is -2.20. The molecule has 0 bridgehead atoms. The summed E-state index contributed by atoms with van der Waals surface area (Å²) in [5.41, 5.74) is 2.44. The molecule has 1 heterocycles. The molecule has 3 aromatic rings. The van der Waals surface area contributed by atoms with E-state index in [-0.39, 0.29) is 21.4 Å². The zero-order valence-electron chi connectivity index (χ0n) is 15.1. The molecule has 0 saturated carbocycles. The van der Waals surface area contributed by atoms with E-state index in [0.29, 0.717) is 22.5 Å². The van der Waals surface area contributed by atoms with Crippen LogP contribution in [0.15, 0.2) is 48.6 Å². The van der Waals surface area contributed by atoms with Crippen molar-refractivity contribution in [2.75, 3.05) is 5.32 Å². The van der Waals surface area contributed by atoms with E-state index in [4.69, 9.17) is 23.2 Å². The summed E-state index contributed by atoms with van der Waals surface area (Å²) < 4.78 is 0. The molecule has 0 fully saturated rings. The number of allylic oxidation sites excluding steroid dienone is 1. The van der Waals surface area contributed by atoms with E-state index >= 15 is 0 Å². The van der Waals surface area contributed by atoms with Crippen LogP contribution >= 0.6 is 23.2 Å². The number of benzene rings is 2. The van der Waals surface area contributed by atoms with E-state index < -0.39 is 11.7 Å². The number of hydrogen-bond acceptors (Lipinski definition) is 3. The Morgan fingerprint density at radius 1 is 1.07 bits per heavy atom. The Morgan fingerprint density at radius 2 is 1.75 bits per heavy atom. The van der Waals surface area contributed by atoms with Crippen LogP contribution in [0.3, 0.4) is 0 Å². The van der Waals surface area contributed by atoms with Gasteiger partial charge >= 0.3 is 0 Å². The maximum absolute atomic E-state index is 13.0. The molecular weight excluding hydrogens is 399 g/mol. The van der Waals surface area contributed by atoms with Gasteiger partial charge in [0.2, 0.25) is 11.6 Å². The number of nitrogens with one attached hydrogen (secondary N) is 2. The number of ketones is 2. The molecule has 0 aliphatic heterocycles. The summed E-state index contributed by atoms with van der Waals surface area (Å²) in [6.45, 7) is 3.44. The van der Waals surface area contributed by atoms with E-state index in [1.54, 1.807) is 50.2 Å². The van der Waals surface area contributed by atoms with Crippen LogP contribution in [0.1, 0.15) is 28.5 Å². The topological polar surface area (TPSA) is 79.0 Å². The lowest BCUT2D eigenvalue weighted by atomic mass is 10.0. The first kappa shape index (κ1) is 19.9. The summed E-state index contributed by atoms with van der Waals surface area (Å²) in [6, 6.07) is 9.96. The van der Waals surface area contributed by atoms with Crippen molar-refractivity contribution in [1.29, 1.82) is 0 Å². The van der Waals surface area contributed by atoms with Gasteiger partial charge < -0.3 is 10.3 Å². The van der Waals surface area contributed by atoms with Crippen molar-refractivity contribution in [3.63, 3.8) is 0 Å². The first-order chi connectivity index (χ1) is 13.3. The van der Waals surface area contributed by atoms with Gasteiger partial charge in [0.15, 0.2) is 0 Å². The smallest absolute Gasteiger partial charge is 0.296 e. The Labute approximate surface area is 171 Å². The summed E-state index contributed by atoms with van der Waals surface area (Å²) in [6.07, 6.45) is 2.69. The van der Waals surface area contributed by atoms with E-state index in [2.05, 4.69) is 10.3 Å². The van der Waals surface area contributed by atoms with Gasteiger partial charge in [-0.3, -0.25) is 14.4 Å². The Morgan fingerprint density at radius 3 is 2.39 bits per heavy atom. The Balaban J connectivity index is 1.99. The monoisotopic (exact) mass is 414 g/mol. The molecule has 0 radical (unpaired) electrons. The fourth-order valence-corrected chi connectivity index (χ4v) is 3.46. The number of hydrogen-bond donors (Lipinski definition) is 2. The molecule has 1 amide bonds. The van der Waals surface area contributed by atoms with E-state index in [1.807, 2.05) is 0 Å². The zero-order chi connectivity index (χ0) is 20.4. The quantitative estimate of drug-likeness (QED) is 0.346. The molecule has 28 heavy (non-hydrogen) atoms. The molecule has 0 aliphatic carbocycles. The van der Waals surface area contributed by atoms with Crippen LogP contribution < -0.4 is 5.32 Å². The highest BCUT2D eigenvalue weighted by Gasteiger charge is 2.21. The molecule has 2 aromatic carbocycles. The summed E-state index contributed by atoms with van der Waals surface area (Å²) in [7, 11) is 0. The van der Waals surface area contributed by atoms with Gasteiger partial charge in [-0.1, -0.05) is 35.3 Å². The molecule has 0 atom stereocenters. The Bertz CT molecular complexity index is 1130. The van der Waals surface area contributed by atoms with Crippen molar-refractivity contribution in [1.82, 2.24) is 4.98 Å². The minimum Gasteiger partial charge on any atom is -0.352 e. The molecule has 142 valence electrons. The van der Waals surface area contributed by atoms with E-state index in [9.17, 15) is 14.4 Å². The van der Waals surface area contributed by atoms with Crippen LogP contribution in [-0.2, 0) is 9.59 Å². The lowest BCUT2D eigenvalue weighted by Gasteiger charge is -2.05. The first-order valence-electron chi connectivity index (χ1n) is 8.42. The van der Waals surface area contributed by atoms with Crippen LogP contribution in [0.4, 0.5) is 5.69 Å². The van der Waals surface area contributed by atoms with E-state index in [1.165, 1.54) is 12.2 Å². The third kappa shape index (κ3) is 3.72. The Kier molecular flexibility index (Phi) is 5.68. The average molecular weight is 415 g/mol. The number of aromatic amines is 1. The fraction of sp³-hybridized carbons (Fsp3) is 0.0952. The van der Waals surface area contributed by atoms with Crippen LogP contribution in [0.5, 0.6) is 0 Å². The number of rotatable bonds is 5. The highest BCUT2D eigenvalue weighted by Crippen LogP contribution is 2.31. The van der Waals surface area contributed by atoms with Gasteiger partial charge in [-0.15, -0.1) is 0 Å². The second-order valence-electron chi connectivity index (χ2n) is 6.13. The minimum atomic E-state index is -0.732. The summed E-state index contributed by atoms with van der Waals surface area (Å²) in [4.78, 5) is 39.6. The molecule has 1 aromatic heterocycles. The van der Waals surface area contributed by atoms with Crippen molar-refractivity contribution in [2.45, 2.75) is 13.8 Å². The molecular formula is C21H16Cl2N2O3. The SMILES string of the molecule is C/C=C/C(=O)C(=O)Nc1ccc2[nH]c(C(=O)c3c(Cl)cccc3Cl)c(C)c2c1. The average Bonchev–Trinajstić information content (AvgIpc) is 2.98. The molecule has 0 aliphatic rings. The largest absolute Gasteiger partial charge is 0.352 e. The Hall–Kier alpha value is -2.89. The first-order valence-corrected chi connectivity index (χ1v) is 9.18. The van der Waals surface area contributed by atoms with Gasteiger partial charge in [-0.05, 0) is 55.8 Å². The normalized spacial score (nSPS) is 11.1. The van der Waals surface area contributed by atoms with Crippen molar-refractivity contribution < 1.29 is 14.4 Å². The predicted octanol–water partition coefficient (Wildman–Crippen LogP) is 5.10. The number of aryl methyl sites for hydroxylation is 1. The molecule has 0 saturated heterocycles. The predicted molar refractivity (Wildman–Crippen MR) is 111 cm³/mol. The third-order valence-corrected chi connectivity index (χ3v) is 4.90. The number of carbonyl (C=O) groups is 3. The van der Waals surface area contributed by atoms with Crippen molar-refractivity contribution >= 4 is 57.3 Å². The second kappa shape index (κ2) is 8.00. The fourth-order valence-electron chi connectivity index (χ4n) is 2.89. The molecule has 0 unspecified atom stereocenters. The molecule has 5 nitrogen and oxygen atoms in total. The molecule has 7 heteroatoms. The number of fused-ring (bicyclic) bond motifs is 1. The number of carbonyl (C=O) groups excluding carboxylic acids is 3. The van der Waals surface area contributed by atoms with Gasteiger partial charge in [0.25, 0.3) is 5.91 Å². The maximum Gasteiger partial charge on any atom is 0.296 e. The minimum absolute atomic E-state index is 0.228. The molecule has 0 spiro atoms. The lowest BCUT2D eigenvalue weighted by molar-refractivity contribution is -0.131. The summed E-state index contributed by atoms with van der Waals surface area (Å²) in [5.74, 6) is -1.69. The number of anilines is 1. The molecule has 3 rings (SSSR count). The van der Waals surface area contributed by atoms with Gasteiger partial charge in [-0.2, -0.15) is 0 Å². The molecule has 2 N–H and O–H groups in total. The number of amides is 1. The standard InChI is InChI=1S/C21H16Cl2N2O3/c1-3-5-17(26)21(28)24-12-8-9-16-13(10-12)11(2)19(25-16)20(27)18-14(22)6-4-7-15(18)23/h3-10,25H,1-2H3,(H,24,28)/b5-3+. The van der Waals surface area contributed by atoms with Crippen LogP contribution in [0.2, 0.25) is 10.0 Å². The van der Waals surface area contributed by atoms with Crippen LogP contribution in [0, 0.1) is 6.92 Å². The highest BCUT2D eigenvalue weighted by molar-refractivity contribution is 6.44. The number of halogens is 2. The van der Waals surface area contributed by atoms with Gasteiger partial charge in [0, 0.05) is 16.6 Å². The van der Waals surface area contributed by atoms with E-state index in [0.717, 1.165) is 5.39 Å². The highest BCUT2D eigenvalue weighted by atomic mass is 35.5. The van der Waals surface area contributed by atoms with Crippen molar-refractivity contribution in [3.05, 3.63) is 75.4 Å². The summed E-state index contributed by atoms with van der Waals surface area (Å²) in [5, 5.41) is 3.83. The van der Waals surface area contributed by atoms with Crippen molar-refractivity contribution in [3.8, 4) is 0 Å². The third-order valence-electron chi connectivity index (χ3n) is 4.27. The van der Waals surface area contributed by atoms with Gasteiger partial charge in [0.05, 0.1) is 21.3 Å². The van der Waals surface area contributed by atoms with Gasteiger partial charge in [0.1, 0.15) is 0 Å². The van der Waals surface area contributed by atoms with Crippen molar-refractivity contribution in [2.24, 2.45) is 0 Å². The maximum atomic E-state index is 13.0. The number of aromatic nitrogens is 1. The number of H-pyrrole nitrogens is 1. The zero-order valence-corrected chi connectivity index (χ0v) is 16.6. The van der Waals surface area contributed by atoms with Crippen LogP contribution in [0.25, 0.3) is 10.9 Å². The second-order valence-corrected chi connectivity index (χ2v) is 6.94.